The smallest absolute Gasteiger partial charge is 0.410 e. The van der Waals surface area contributed by atoms with Crippen molar-refractivity contribution >= 4 is 6.09 Å². The van der Waals surface area contributed by atoms with Crippen LogP contribution in [0.1, 0.15) is 27.7 Å². The maximum atomic E-state index is 12.2. The lowest BCUT2D eigenvalue weighted by atomic mass is 9.99. The van der Waals surface area contributed by atoms with Crippen LogP contribution in [0, 0.1) is 0 Å². The Morgan fingerprint density at radius 3 is 2.16 bits per heavy atom. The molecule has 2 rings (SSSR count). The number of carbonyl (C=O) groups excluding carboxylic acids is 1. The first-order chi connectivity index (χ1) is 8.77. The number of ether oxygens (including phenoxy) is 2. The van der Waals surface area contributed by atoms with Crippen molar-refractivity contribution in [3.05, 3.63) is 30.3 Å². The molecule has 19 heavy (non-hydrogen) atoms. The second kappa shape index (κ2) is 4.85. The summed E-state index contributed by atoms with van der Waals surface area (Å²) < 4.78 is 11.3. The van der Waals surface area contributed by atoms with Crippen LogP contribution in [0.25, 0.3) is 0 Å². The van der Waals surface area contributed by atoms with Gasteiger partial charge in [0.25, 0.3) is 0 Å². The fourth-order valence-corrected chi connectivity index (χ4v) is 2.57. The number of carbonyl (C=O) groups is 1. The number of para-hydroxylation sites is 1. The molecule has 0 N–H and O–H groups in total. The average molecular weight is 263 g/mol. The van der Waals surface area contributed by atoms with E-state index in [0.717, 1.165) is 0 Å². The minimum atomic E-state index is -0.364. The van der Waals surface area contributed by atoms with Gasteiger partial charge in [0.2, 0.25) is 0 Å². The Hall–Kier alpha value is -1.55. The van der Waals surface area contributed by atoms with E-state index in [1.807, 2.05) is 45.9 Å². The molecule has 0 bridgehead atoms. The predicted molar refractivity (Wildman–Crippen MR) is 73.3 cm³/mol. The summed E-state index contributed by atoms with van der Waals surface area (Å²) in [6.07, 6.45) is -0.323. The summed E-state index contributed by atoms with van der Waals surface area (Å²) in [5.41, 5.74) is -0.727. The van der Waals surface area contributed by atoms with Crippen LogP contribution in [-0.2, 0) is 4.74 Å². The lowest BCUT2D eigenvalue weighted by Gasteiger charge is -2.46. The standard InChI is InChI=1S/C15H21NO3/c1-14(2)10-16(11-15(3,4)19-14)13(17)18-12-8-6-5-7-9-12/h5-9H,10-11H2,1-4H3. The van der Waals surface area contributed by atoms with Crippen molar-refractivity contribution in [2.75, 3.05) is 13.1 Å². The number of amides is 1. The normalized spacial score (nSPS) is 20.9. The highest BCUT2D eigenvalue weighted by molar-refractivity contribution is 5.71. The summed E-state index contributed by atoms with van der Waals surface area (Å²) >= 11 is 0. The van der Waals surface area contributed by atoms with E-state index >= 15 is 0 Å². The minimum absolute atomic E-state index is 0.323. The van der Waals surface area contributed by atoms with Crippen LogP contribution < -0.4 is 4.74 Å². The zero-order valence-electron chi connectivity index (χ0n) is 12.0. The van der Waals surface area contributed by atoms with E-state index < -0.39 is 0 Å². The first kappa shape index (κ1) is 13.9. The van der Waals surface area contributed by atoms with E-state index in [9.17, 15) is 4.79 Å². The highest BCUT2D eigenvalue weighted by Crippen LogP contribution is 2.28. The monoisotopic (exact) mass is 263 g/mol. The summed E-state index contributed by atoms with van der Waals surface area (Å²) in [6, 6.07) is 9.12. The largest absolute Gasteiger partial charge is 0.415 e. The van der Waals surface area contributed by atoms with Gasteiger partial charge >= 0.3 is 6.09 Å². The van der Waals surface area contributed by atoms with Crippen LogP contribution in [-0.4, -0.2) is 35.3 Å². The second-order valence-electron chi connectivity index (χ2n) is 6.16. The molecule has 0 radical (unpaired) electrons. The molecule has 0 saturated carbocycles. The lowest BCUT2D eigenvalue weighted by Crippen LogP contribution is -2.59. The molecule has 0 spiro atoms. The van der Waals surface area contributed by atoms with Gasteiger partial charge in [-0.3, -0.25) is 0 Å². The molecule has 1 saturated heterocycles. The second-order valence-corrected chi connectivity index (χ2v) is 6.16. The third kappa shape index (κ3) is 3.70. The van der Waals surface area contributed by atoms with Crippen molar-refractivity contribution in [3.8, 4) is 5.75 Å². The van der Waals surface area contributed by atoms with E-state index in [0.29, 0.717) is 18.8 Å². The van der Waals surface area contributed by atoms with Gasteiger partial charge in [0, 0.05) is 0 Å². The average Bonchev–Trinajstić information content (AvgIpc) is 2.26. The third-order valence-corrected chi connectivity index (χ3v) is 2.90. The van der Waals surface area contributed by atoms with E-state index in [4.69, 9.17) is 9.47 Å². The Balaban J connectivity index is 2.07. The van der Waals surface area contributed by atoms with Gasteiger partial charge in [-0.15, -0.1) is 0 Å². The Morgan fingerprint density at radius 1 is 1.11 bits per heavy atom. The summed E-state index contributed by atoms with van der Waals surface area (Å²) in [4.78, 5) is 13.9. The number of benzene rings is 1. The highest BCUT2D eigenvalue weighted by atomic mass is 16.6. The summed E-state index contributed by atoms with van der Waals surface area (Å²) in [6.45, 7) is 8.99. The molecule has 4 heteroatoms. The van der Waals surface area contributed by atoms with Crippen LogP contribution in [0.3, 0.4) is 0 Å². The van der Waals surface area contributed by atoms with E-state index in [2.05, 4.69) is 0 Å². The topological polar surface area (TPSA) is 38.8 Å². The molecule has 0 aromatic heterocycles. The van der Waals surface area contributed by atoms with Crippen molar-refractivity contribution in [1.29, 1.82) is 0 Å². The van der Waals surface area contributed by atoms with E-state index in [1.165, 1.54) is 0 Å². The van der Waals surface area contributed by atoms with Crippen LogP contribution in [0.4, 0.5) is 4.79 Å². The predicted octanol–water partition coefficient (Wildman–Crippen LogP) is 3.07. The molecule has 0 unspecified atom stereocenters. The molecule has 1 aromatic rings. The van der Waals surface area contributed by atoms with Crippen molar-refractivity contribution in [3.63, 3.8) is 0 Å². The lowest BCUT2D eigenvalue weighted by molar-refractivity contribution is -0.172. The Labute approximate surface area is 114 Å². The van der Waals surface area contributed by atoms with Crippen LogP contribution in [0.15, 0.2) is 30.3 Å². The van der Waals surface area contributed by atoms with Gasteiger partial charge in [0.15, 0.2) is 0 Å². The number of rotatable bonds is 1. The molecular weight excluding hydrogens is 242 g/mol. The molecular formula is C15H21NO3. The molecule has 1 amide bonds. The summed E-state index contributed by atoms with van der Waals surface area (Å²) in [7, 11) is 0. The Morgan fingerprint density at radius 2 is 1.63 bits per heavy atom. The van der Waals surface area contributed by atoms with Gasteiger partial charge in [-0.1, -0.05) is 18.2 Å². The van der Waals surface area contributed by atoms with Gasteiger partial charge in [-0.05, 0) is 39.8 Å². The SMILES string of the molecule is CC1(C)CN(C(=O)Oc2ccccc2)CC(C)(C)O1. The van der Waals surface area contributed by atoms with Crippen molar-refractivity contribution in [2.45, 2.75) is 38.9 Å². The molecule has 4 nitrogen and oxygen atoms in total. The molecule has 1 aromatic carbocycles. The van der Waals surface area contributed by atoms with Gasteiger partial charge in [0.1, 0.15) is 5.75 Å². The third-order valence-electron chi connectivity index (χ3n) is 2.90. The molecule has 1 aliphatic rings. The fourth-order valence-electron chi connectivity index (χ4n) is 2.57. The Kier molecular flexibility index (Phi) is 3.54. The maximum absolute atomic E-state index is 12.2. The minimum Gasteiger partial charge on any atom is -0.410 e. The number of hydrogen-bond acceptors (Lipinski definition) is 3. The van der Waals surface area contributed by atoms with Gasteiger partial charge < -0.3 is 14.4 Å². The molecule has 0 aliphatic carbocycles. The van der Waals surface area contributed by atoms with Crippen molar-refractivity contribution in [1.82, 2.24) is 4.90 Å². The molecule has 104 valence electrons. The van der Waals surface area contributed by atoms with Gasteiger partial charge in [-0.2, -0.15) is 0 Å². The zero-order chi connectivity index (χ0) is 14.1. The van der Waals surface area contributed by atoms with Crippen molar-refractivity contribution in [2.24, 2.45) is 0 Å². The molecule has 1 fully saturated rings. The zero-order valence-corrected chi connectivity index (χ0v) is 12.0. The molecule has 1 aliphatic heterocycles. The fraction of sp³-hybridized carbons (Fsp3) is 0.533. The maximum Gasteiger partial charge on any atom is 0.415 e. The molecule has 0 atom stereocenters. The van der Waals surface area contributed by atoms with Crippen LogP contribution >= 0.6 is 0 Å². The van der Waals surface area contributed by atoms with Crippen molar-refractivity contribution < 1.29 is 14.3 Å². The summed E-state index contributed by atoms with van der Waals surface area (Å²) in [5, 5.41) is 0. The highest BCUT2D eigenvalue weighted by Gasteiger charge is 2.40. The quantitative estimate of drug-likeness (QED) is 0.781. The number of morpholine rings is 1. The van der Waals surface area contributed by atoms with Gasteiger partial charge in [0.05, 0.1) is 24.3 Å². The van der Waals surface area contributed by atoms with Gasteiger partial charge in [-0.25, -0.2) is 4.79 Å². The number of nitrogens with zero attached hydrogens (tertiary/aromatic N) is 1. The molecule has 1 heterocycles. The first-order valence-corrected chi connectivity index (χ1v) is 6.49. The van der Waals surface area contributed by atoms with Crippen LogP contribution in [0.5, 0.6) is 5.75 Å². The number of hydrogen-bond donors (Lipinski definition) is 0. The first-order valence-electron chi connectivity index (χ1n) is 6.49. The van der Waals surface area contributed by atoms with E-state index in [1.54, 1.807) is 17.0 Å². The Bertz CT molecular complexity index is 438. The van der Waals surface area contributed by atoms with Crippen LogP contribution in [0.2, 0.25) is 0 Å². The van der Waals surface area contributed by atoms with E-state index in [-0.39, 0.29) is 17.3 Å². The summed E-state index contributed by atoms with van der Waals surface area (Å²) in [5.74, 6) is 0.564.